The van der Waals surface area contributed by atoms with Gasteiger partial charge in [0.15, 0.2) is 11.0 Å². The Kier molecular flexibility index (Phi) is 6.26. The zero-order chi connectivity index (χ0) is 16.1. The molecule has 0 aliphatic carbocycles. The first-order valence-electron chi connectivity index (χ1n) is 7.16. The van der Waals surface area contributed by atoms with Crippen molar-refractivity contribution < 1.29 is 5.11 Å². The molecule has 0 bridgehead atoms. The minimum absolute atomic E-state index is 0.135. The Balaban J connectivity index is 2.40. The van der Waals surface area contributed by atoms with Gasteiger partial charge >= 0.3 is 0 Å². The fraction of sp³-hybridized carbons (Fsp3) is 0.467. The average Bonchev–Trinajstić information content (AvgIpc) is 2.91. The van der Waals surface area contributed by atoms with E-state index < -0.39 is 0 Å². The van der Waals surface area contributed by atoms with E-state index in [1.165, 1.54) is 0 Å². The predicted molar refractivity (Wildman–Crippen MR) is 90.9 cm³/mol. The van der Waals surface area contributed by atoms with Gasteiger partial charge in [0.05, 0.1) is 6.04 Å². The molecule has 1 unspecified atom stereocenters. The van der Waals surface area contributed by atoms with Crippen molar-refractivity contribution in [2.75, 3.05) is 26.5 Å². The van der Waals surface area contributed by atoms with Crippen LogP contribution in [-0.4, -0.2) is 51.2 Å². The van der Waals surface area contributed by atoms with E-state index in [0.29, 0.717) is 5.02 Å². The van der Waals surface area contributed by atoms with Crippen molar-refractivity contribution in [2.24, 2.45) is 0 Å². The zero-order valence-corrected chi connectivity index (χ0v) is 14.6. The molecule has 120 valence electrons. The molecule has 1 aromatic heterocycles. The van der Waals surface area contributed by atoms with Crippen LogP contribution in [0.15, 0.2) is 29.4 Å². The predicted octanol–water partition coefficient (Wildman–Crippen LogP) is 3.02. The van der Waals surface area contributed by atoms with Gasteiger partial charge < -0.3 is 5.11 Å². The maximum Gasteiger partial charge on any atom is 0.195 e. The van der Waals surface area contributed by atoms with Crippen LogP contribution in [0.5, 0.6) is 0 Å². The van der Waals surface area contributed by atoms with Gasteiger partial charge in [0, 0.05) is 23.1 Å². The monoisotopic (exact) mass is 340 g/mol. The third kappa shape index (κ3) is 4.01. The normalized spacial score (nSPS) is 12.8. The first-order chi connectivity index (χ1) is 10.5. The maximum atomic E-state index is 8.95. The van der Waals surface area contributed by atoms with E-state index in [1.54, 1.807) is 11.8 Å². The number of nitrogens with zero attached hydrogens (tertiary/aromatic N) is 4. The summed E-state index contributed by atoms with van der Waals surface area (Å²) in [7, 11) is 4.04. The van der Waals surface area contributed by atoms with Gasteiger partial charge in [-0.05, 0) is 51.7 Å². The lowest BCUT2D eigenvalue weighted by Gasteiger charge is -2.20. The molecular formula is C15H21ClN4OS. The molecule has 0 fully saturated rings. The minimum Gasteiger partial charge on any atom is -0.396 e. The molecule has 0 aliphatic rings. The second-order valence-electron chi connectivity index (χ2n) is 5.22. The van der Waals surface area contributed by atoms with Gasteiger partial charge in [-0.25, -0.2) is 0 Å². The Morgan fingerprint density at radius 1 is 1.27 bits per heavy atom. The summed E-state index contributed by atoms with van der Waals surface area (Å²) >= 11 is 7.58. The van der Waals surface area contributed by atoms with Crippen molar-refractivity contribution in [1.82, 2.24) is 19.7 Å². The molecule has 7 heteroatoms. The standard InChI is InChI=1S/C15H21ClN4OS/c1-11(19(2)3)14-17-18-15(22-10-4-9-21)20(14)13-7-5-12(16)6-8-13/h5-8,11,21H,4,9-10H2,1-3H3. The van der Waals surface area contributed by atoms with Crippen LogP contribution in [0.4, 0.5) is 0 Å². The molecule has 0 spiro atoms. The number of aromatic nitrogens is 3. The summed E-state index contributed by atoms with van der Waals surface area (Å²) in [6.45, 7) is 2.28. The first-order valence-corrected chi connectivity index (χ1v) is 8.52. The molecule has 0 saturated heterocycles. The number of rotatable bonds is 7. The van der Waals surface area contributed by atoms with E-state index in [0.717, 1.165) is 28.8 Å². The van der Waals surface area contributed by atoms with Crippen LogP contribution in [0.3, 0.4) is 0 Å². The van der Waals surface area contributed by atoms with Crippen LogP contribution in [0.25, 0.3) is 5.69 Å². The topological polar surface area (TPSA) is 54.2 Å². The lowest BCUT2D eigenvalue weighted by atomic mass is 10.2. The van der Waals surface area contributed by atoms with Crippen LogP contribution in [0.1, 0.15) is 25.2 Å². The summed E-state index contributed by atoms with van der Waals surface area (Å²) in [6.07, 6.45) is 0.733. The number of hydrogen-bond donors (Lipinski definition) is 1. The smallest absolute Gasteiger partial charge is 0.195 e. The molecule has 2 aromatic rings. The summed E-state index contributed by atoms with van der Waals surface area (Å²) in [5, 5.41) is 19.2. The number of benzene rings is 1. The lowest BCUT2D eigenvalue weighted by Crippen LogP contribution is -2.20. The summed E-state index contributed by atoms with van der Waals surface area (Å²) in [5.74, 6) is 1.69. The van der Waals surface area contributed by atoms with E-state index in [9.17, 15) is 0 Å². The highest BCUT2D eigenvalue weighted by atomic mass is 35.5. The van der Waals surface area contributed by atoms with Gasteiger partial charge in [0.1, 0.15) is 0 Å². The Morgan fingerprint density at radius 3 is 2.55 bits per heavy atom. The lowest BCUT2D eigenvalue weighted by molar-refractivity contribution is 0.296. The van der Waals surface area contributed by atoms with Crippen molar-refractivity contribution >= 4 is 23.4 Å². The first kappa shape index (κ1) is 17.3. The van der Waals surface area contributed by atoms with Crippen molar-refractivity contribution in [2.45, 2.75) is 24.5 Å². The SMILES string of the molecule is CC(c1nnc(SCCCO)n1-c1ccc(Cl)cc1)N(C)C. The van der Waals surface area contributed by atoms with Gasteiger partial charge in [0.25, 0.3) is 0 Å². The third-order valence-electron chi connectivity index (χ3n) is 3.43. The summed E-state index contributed by atoms with van der Waals surface area (Å²) in [4.78, 5) is 2.10. The van der Waals surface area contributed by atoms with Crippen molar-refractivity contribution in [3.05, 3.63) is 35.1 Å². The molecule has 1 N–H and O–H groups in total. The molecule has 0 amide bonds. The van der Waals surface area contributed by atoms with Crippen molar-refractivity contribution in [3.8, 4) is 5.69 Å². The van der Waals surface area contributed by atoms with Crippen LogP contribution < -0.4 is 0 Å². The van der Waals surface area contributed by atoms with Gasteiger partial charge in [-0.1, -0.05) is 23.4 Å². The summed E-state index contributed by atoms with van der Waals surface area (Å²) < 4.78 is 2.06. The number of thioether (sulfide) groups is 1. The van der Waals surface area contributed by atoms with E-state index in [4.69, 9.17) is 16.7 Å². The van der Waals surface area contributed by atoms with Gasteiger partial charge in [-0.3, -0.25) is 9.47 Å². The minimum atomic E-state index is 0.135. The zero-order valence-electron chi connectivity index (χ0n) is 13.0. The average molecular weight is 341 g/mol. The van der Waals surface area contributed by atoms with Gasteiger partial charge in [-0.2, -0.15) is 0 Å². The Bertz CT molecular complexity index is 600. The Hall–Kier alpha value is -1.08. The second-order valence-corrected chi connectivity index (χ2v) is 6.72. The van der Waals surface area contributed by atoms with Crippen molar-refractivity contribution in [1.29, 1.82) is 0 Å². The van der Waals surface area contributed by atoms with Gasteiger partial charge in [-0.15, -0.1) is 10.2 Å². The fourth-order valence-electron chi connectivity index (χ4n) is 1.94. The van der Waals surface area contributed by atoms with Crippen LogP contribution in [0.2, 0.25) is 5.02 Å². The molecule has 0 aliphatic heterocycles. The number of hydrogen-bond acceptors (Lipinski definition) is 5. The highest BCUT2D eigenvalue weighted by molar-refractivity contribution is 7.99. The number of aliphatic hydroxyl groups is 1. The number of halogens is 1. The number of aliphatic hydroxyl groups excluding tert-OH is 1. The highest BCUT2D eigenvalue weighted by Crippen LogP contribution is 2.27. The van der Waals surface area contributed by atoms with E-state index >= 15 is 0 Å². The van der Waals surface area contributed by atoms with E-state index in [-0.39, 0.29) is 12.6 Å². The quantitative estimate of drug-likeness (QED) is 0.620. The molecule has 1 aromatic carbocycles. The third-order valence-corrected chi connectivity index (χ3v) is 4.69. The molecule has 1 heterocycles. The summed E-state index contributed by atoms with van der Waals surface area (Å²) in [6, 6.07) is 7.80. The highest BCUT2D eigenvalue weighted by Gasteiger charge is 2.20. The Morgan fingerprint density at radius 2 is 1.95 bits per heavy atom. The summed E-state index contributed by atoms with van der Waals surface area (Å²) in [5.41, 5.74) is 0.990. The molecule has 22 heavy (non-hydrogen) atoms. The van der Waals surface area contributed by atoms with E-state index in [2.05, 4.69) is 26.6 Å². The molecule has 0 radical (unpaired) electrons. The second kappa shape index (κ2) is 7.97. The van der Waals surface area contributed by atoms with Crippen LogP contribution in [-0.2, 0) is 0 Å². The largest absolute Gasteiger partial charge is 0.396 e. The molecule has 0 saturated carbocycles. The van der Waals surface area contributed by atoms with E-state index in [1.807, 2.05) is 38.4 Å². The maximum absolute atomic E-state index is 8.95. The van der Waals surface area contributed by atoms with Crippen LogP contribution in [0, 0.1) is 0 Å². The molecule has 2 rings (SSSR count). The molecular weight excluding hydrogens is 320 g/mol. The molecule has 1 atom stereocenters. The molecule has 5 nitrogen and oxygen atoms in total. The van der Waals surface area contributed by atoms with Gasteiger partial charge in [0.2, 0.25) is 0 Å². The fourth-order valence-corrected chi connectivity index (χ4v) is 2.95. The Labute approximate surface area is 140 Å². The van der Waals surface area contributed by atoms with Crippen molar-refractivity contribution in [3.63, 3.8) is 0 Å². The van der Waals surface area contributed by atoms with Crippen LogP contribution >= 0.6 is 23.4 Å².